The topological polar surface area (TPSA) is 39.2 Å². The number of rotatable bonds is 5. The number of benzene rings is 1. The number of halogens is 1. The van der Waals surface area contributed by atoms with Crippen LogP contribution in [0.1, 0.15) is 11.3 Å². The van der Waals surface area contributed by atoms with Crippen LogP contribution >= 0.6 is 27.7 Å². The van der Waals surface area contributed by atoms with Crippen molar-refractivity contribution >= 4 is 27.7 Å². The molecule has 0 spiro atoms. The van der Waals surface area contributed by atoms with Crippen LogP contribution in [0, 0.1) is 0 Å². The minimum absolute atomic E-state index is 0.686. The minimum Gasteiger partial charge on any atom is -0.468 e. The van der Waals surface area contributed by atoms with E-state index in [9.17, 15) is 0 Å². The molecule has 2 nitrogen and oxygen atoms in total. The first-order chi connectivity index (χ1) is 8.29. The molecular weight excluding hydrogens is 298 g/mol. The molecular formula is C13H14BrNOS. The first-order valence-corrected chi connectivity index (χ1v) is 7.21. The van der Waals surface area contributed by atoms with Gasteiger partial charge in [0.1, 0.15) is 5.76 Å². The second-order valence-corrected chi connectivity index (χ2v) is 5.54. The van der Waals surface area contributed by atoms with Crippen molar-refractivity contribution in [1.82, 2.24) is 0 Å². The molecule has 2 aromatic rings. The fraction of sp³-hybridized carbons (Fsp3) is 0.231. The van der Waals surface area contributed by atoms with Crippen molar-refractivity contribution in [1.29, 1.82) is 0 Å². The molecule has 1 heterocycles. The predicted molar refractivity (Wildman–Crippen MR) is 75.2 cm³/mol. The molecule has 0 radical (unpaired) electrons. The van der Waals surface area contributed by atoms with Crippen molar-refractivity contribution in [2.75, 3.05) is 6.54 Å². The van der Waals surface area contributed by atoms with Crippen LogP contribution in [0.25, 0.3) is 0 Å². The summed E-state index contributed by atoms with van der Waals surface area (Å²) in [7, 11) is 0. The van der Waals surface area contributed by atoms with Crippen LogP contribution in [-0.2, 0) is 12.2 Å². The maximum absolute atomic E-state index is 5.54. The Kier molecular flexibility index (Phi) is 4.71. The molecule has 17 heavy (non-hydrogen) atoms. The predicted octanol–water partition coefficient (Wildman–Crippen LogP) is 3.84. The first kappa shape index (κ1) is 12.7. The van der Waals surface area contributed by atoms with E-state index in [1.807, 2.05) is 12.1 Å². The van der Waals surface area contributed by atoms with E-state index in [0.717, 1.165) is 22.4 Å². The van der Waals surface area contributed by atoms with E-state index in [0.29, 0.717) is 6.54 Å². The van der Waals surface area contributed by atoms with E-state index < -0.39 is 0 Å². The molecule has 0 saturated carbocycles. The molecule has 2 N–H and O–H groups in total. The molecule has 0 aliphatic carbocycles. The van der Waals surface area contributed by atoms with Gasteiger partial charge >= 0.3 is 0 Å². The Bertz CT molecular complexity index is 470. The molecule has 0 aliphatic rings. The largest absolute Gasteiger partial charge is 0.468 e. The molecule has 0 unspecified atom stereocenters. The summed E-state index contributed by atoms with van der Waals surface area (Å²) in [6.45, 7) is 0.686. The number of nitrogens with two attached hydrogens (primary N) is 1. The van der Waals surface area contributed by atoms with Crippen molar-refractivity contribution in [3.8, 4) is 0 Å². The molecule has 0 fully saturated rings. The Labute approximate surface area is 114 Å². The molecule has 0 saturated heterocycles. The molecule has 1 aromatic carbocycles. The van der Waals surface area contributed by atoms with Gasteiger partial charge in [-0.1, -0.05) is 6.07 Å². The van der Waals surface area contributed by atoms with Crippen LogP contribution in [-0.4, -0.2) is 6.54 Å². The van der Waals surface area contributed by atoms with E-state index in [1.54, 1.807) is 18.0 Å². The molecule has 4 heteroatoms. The van der Waals surface area contributed by atoms with Crippen molar-refractivity contribution in [3.05, 3.63) is 52.4 Å². The van der Waals surface area contributed by atoms with Crippen LogP contribution in [0.2, 0.25) is 0 Å². The highest BCUT2D eigenvalue weighted by Crippen LogP contribution is 2.31. The van der Waals surface area contributed by atoms with E-state index in [2.05, 4.69) is 34.1 Å². The Balaban J connectivity index is 2.01. The van der Waals surface area contributed by atoms with Gasteiger partial charge in [-0.15, -0.1) is 11.8 Å². The Morgan fingerprint density at radius 3 is 2.82 bits per heavy atom. The van der Waals surface area contributed by atoms with Gasteiger partial charge in [0, 0.05) is 9.37 Å². The third-order valence-corrected chi connectivity index (χ3v) is 4.39. The summed E-state index contributed by atoms with van der Waals surface area (Å²) in [5, 5.41) is 0. The monoisotopic (exact) mass is 311 g/mol. The second kappa shape index (κ2) is 6.28. The lowest BCUT2D eigenvalue weighted by atomic mass is 10.2. The average molecular weight is 312 g/mol. The molecule has 0 aliphatic heterocycles. The minimum atomic E-state index is 0.686. The van der Waals surface area contributed by atoms with E-state index in [1.165, 1.54) is 10.5 Å². The van der Waals surface area contributed by atoms with Gasteiger partial charge in [0.05, 0.1) is 12.0 Å². The highest BCUT2D eigenvalue weighted by molar-refractivity contribution is 9.10. The van der Waals surface area contributed by atoms with Crippen LogP contribution in [0.3, 0.4) is 0 Å². The van der Waals surface area contributed by atoms with Gasteiger partial charge in [0.15, 0.2) is 0 Å². The zero-order valence-corrected chi connectivity index (χ0v) is 11.8. The fourth-order valence-electron chi connectivity index (χ4n) is 1.53. The highest BCUT2D eigenvalue weighted by Gasteiger charge is 2.04. The third kappa shape index (κ3) is 3.63. The number of hydrogen-bond acceptors (Lipinski definition) is 3. The van der Waals surface area contributed by atoms with Crippen LogP contribution in [0.4, 0.5) is 0 Å². The SMILES string of the molecule is NCCc1ccc(SCc2ccco2)c(Br)c1. The van der Waals surface area contributed by atoms with E-state index in [-0.39, 0.29) is 0 Å². The quantitative estimate of drug-likeness (QED) is 0.853. The molecule has 1 aromatic heterocycles. The van der Waals surface area contributed by atoms with Crippen LogP contribution in [0.15, 0.2) is 50.4 Å². The summed E-state index contributed by atoms with van der Waals surface area (Å²) in [5.41, 5.74) is 6.80. The summed E-state index contributed by atoms with van der Waals surface area (Å²) in [6.07, 6.45) is 2.62. The maximum Gasteiger partial charge on any atom is 0.113 e. The molecule has 0 atom stereocenters. The average Bonchev–Trinajstić information content (AvgIpc) is 2.81. The van der Waals surface area contributed by atoms with Crippen molar-refractivity contribution in [3.63, 3.8) is 0 Å². The molecule has 0 amide bonds. The van der Waals surface area contributed by atoms with E-state index in [4.69, 9.17) is 10.2 Å². The number of thioether (sulfide) groups is 1. The van der Waals surface area contributed by atoms with Gasteiger partial charge in [-0.25, -0.2) is 0 Å². The van der Waals surface area contributed by atoms with Gasteiger partial charge < -0.3 is 10.2 Å². The second-order valence-electron chi connectivity index (χ2n) is 3.67. The Hall–Kier alpha value is -0.710. The Morgan fingerprint density at radius 2 is 2.18 bits per heavy atom. The zero-order chi connectivity index (χ0) is 12.1. The van der Waals surface area contributed by atoms with Crippen molar-refractivity contribution in [2.24, 2.45) is 5.73 Å². The summed E-state index contributed by atoms with van der Waals surface area (Å²) < 4.78 is 6.43. The number of furan rings is 1. The van der Waals surface area contributed by atoms with Gasteiger partial charge in [-0.05, 0) is 58.7 Å². The summed E-state index contributed by atoms with van der Waals surface area (Å²) in [4.78, 5) is 1.22. The van der Waals surface area contributed by atoms with Crippen LogP contribution < -0.4 is 5.73 Å². The number of hydrogen-bond donors (Lipinski definition) is 1. The normalized spacial score (nSPS) is 10.7. The fourth-order valence-corrected chi connectivity index (χ4v) is 3.12. The zero-order valence-electron chi connectivity index (χ0n) is 9.36. The van der Waals surface area contributed by atoms with E-state index >= 15 is 0 Å². The standard InChI is InChI=1S/C13H14BrNOS/c14-12-8-10(5-6-15)3-4-13(12)17-9-11-2-1-7-16-11/h1-4,7-8H,5-6,9,15H2. The van der Waals surface area contributed by atoms with Crippen molar-refractivity contribution in [2.45, 2.75) is 17.1 Å². The summed E-state index contributed by atoms with van der Waals surface area (Å²) in [6, 6.07) is 10.3. The smallest absolute Gasteiger partial charge is 0.113 e. The van der Waals surface area contributed by atoms with Gasteiger partial charge in [0.25, 0.3) is 0 Å². The lowest BCUT2D eigenvalue weighted by molar-refractivity contribution is 0.530. The third-order valence-electron chi connectivity index (χ3n) is 2.38. The van der Waals surface area contributed by atoms with Crippen LogP contribution in [0.5, 0.6) is 0 Å². The summed E-state index contributed by atoms with van der Waals surface area (Å²) in [5.74, 6) is 1.84. The molecule has 90 valence electrons. The first-order valence-electron chi connectivity index (χ1n) is 5.43. The lowest BCUT2D eigenvalue weighted by Gasteiger charge is -2.05. The molecule has 0 bridgehead atoms. The lowest BCUT2D eigenvalue weighted by Crippen LogP contribution is -2.02. The summed E-state index contributed by atoms with van der Waals surface area (Å²) >= 11 is 5.35. The maximum atomic E-state index is 5.54. The van der Waals surface area contributed by atoms with Gasteiger partial charge in [-0.3, -0.25) is 0 Å². The van der Waals surface area contributed by atoms with Gasteiger partial charge in [-0.2, -0.15) is 0 Å². The van der Waals surface area contributed by atoms with Gasteiger partial charge in [0.2, 0.25) is 0 Å². The Morgan fingerprint density at radius 1 is 1.29 bits per heavy atom. The van der Waals surface area contributed by atoms with Crippen molar-refractivity contribution < 1.29 is 4.42 Å². The molecule has 2 rings (SSSR count). The highest BCUT2D eigenvalue weighted by atomic mass is 79.9.